The Kier molecular flexibility index (Phi) is 7.48. The average molecular weight is 514 g/mol. The SMILES string of the molecule is Cc1cccc(N(C(=O)Cn2nnc(-c3ccc(F)cc3)n2)[C@@H](C(=O)NC2CCCC2)c2ccncc2)c1. The number of amides is 2. The molecule has 2 heterocycles. The number of carbonyl (C=O) groups is 2. The molecule has 0 bridgehead atoms. The molecule has 1 fully saturated rings. The largest absolute Gasteiger partial charge is 0.351 e. The second-order valence-corrected chi connectivity index (χ2v) is 9.43. The summed E-state index contributed by atoms with van der Waals surface area (Å²) in [6.07, 6.45) is 7.19. The smallest absolute Gasteiger partial charge is 0.251 e. The number of rotatable bonds is 8. The zero-order chi connectivity index (χ0) is 26.5. The highest BCUT2D eigenvalue weighted by Crippen LogP contribution is 2.30. The molecule has 0 saturated heterocycles. The van der Waals surface area contributed by atoms with Gasteiger partial charge in [-0.2, -0.15) is 4.80 Å². The summed E-state index contributed by atoms with van der Waals surface area (Å²) < 4.78 is 13.3. The van der Waals surface area contributed by atoms with Crippen molar-refractivity contribution in [3.05, 3.63) is 90.0 Å². The number of anilines is 1. The molecule has 0 aliphatic heterocycles. The molecule has 0 radical (unpaired) electrons. The minimum Gasteiger partial charge on any atom is -0.351 e. The van der Waals surface area contributed by atoms with Crippen molar-refractivity contribution in [2.75, 3.05) is 4.90 Å². The highest BCUT2D eigenvalue weighted by molar-refractivity contribution is 6.01. The Bertz CT molecular complexity index is 1400. The van der Waals surface area contributed by atoms with Crippen LogP contribution in [0.15, 0.2) is 73.1 Å². The van der Waals surface area contributed by atoms with E-state index in [4.69, 9.17) is 0 Å². The molecule has 2 aromatic carbocycles. The first kappa shape index (κ1) is 25.2. The maximum atomic E-state index is 13.9. The number of aryl methyl sites for hydroxylation is 1. The number of aromatic nitrogens is 5. The Morgan fingerprint density at radius 1 is 1.08 bits per heavy atom. The van der Waals surface area contributed by atoms with E-state index in [1.54, 1.807) is 42.7 Å². The van der Waals surface area contributed by atoms with E-state index in [0.29, 0.717) is 16.8 Å². The number of hydrogen-bond donors (Lipinski definition) is 1. The van der Waals surface area contributed by atoms with Crippen LogP contribution in [-0.2, 0) is 16.1 Å². The molecule has 5 rings (SSSR count). The third kappa shape index (κ3) is 5.74. The van der Waals surface area contributed by atoms with E-state index in [1.165, 1.54) is 21.8 Å². The summed E-state index contributed by atoms with van der Waals surface area (Å²) in [5.41, 5.74) is 2.75. The molecule has 1 saturated carbocycles. The van der Waals surface area contributed by atoms with Crippen LogP contribution in [0.1, 0.15) is 42.9 Å². The number of tetrazole rings is 1. The number of hydrogen-bond acceptors (Lipinski definition) is 6. The van der Waals surface area contributed by atoms with Crippen LogP contribution in [0.3, 0.4) is 0 Å². The minimum absolute atomic E-state index is 0.0801. The molecule has 1 aliphatic rings. The summed E-state index contributed by atoms with van der Waals surface area (Å²) in [6, 6.07) is 15.8. The quantitative estimate of drug-likeness (QED) is 0.382. The first-order valence-corrected chi connectivity index (χ1v) is 12.6. The molecule has 10 heteroatoms. The lowest BCUT2D eigenvalue weighted by atomic mass is 10.0. The first-order valence-electron chi connectivity index (χ1n) is 12.6. The third-order valence-electron chi connectivity index (χ3n) is 6.61. The predicted octanol–water partition coefficient (Wildman–Crippen LogP) is 4.02. The fourth-order valence-corrected chi connectivity index (χ4v) is 4.75. The van der Waals surface area contributed by atoms with Crippen LogP contribution in [0.2, 0.25) is 0 Å². The summed E-state index contributed by atoms with van der Waals surface area (Å²) in [7, 11) is 0. The molecular weight excluding hydrogens is 485 g/mol. The normalized spacial score (nSPS) is 14.3. The number of nitrogens with one attached hydrogen (secondary N) is 1. The van der Waals surface area contributed by atoms with Crippen LogP contribution >= 0.6 is 0 Å². The Labute approximate surface area is 219 Å². The lowest BCUT2D eigenvalue weighted by Gasteiger charge is -2.32. The summed E-state index contributed by atoms with van der Waals surface area (Å²) in [4.78, 5) is 34.5. The van der Waals surface area contributed by atoms with Gasteiger partial charge >= 0.3 is 0 Å². The molecule has 0 spiro atoms. The van der Waals surface area contributed by atoms with E-state index in [2.05, 4.69) is 25.7 Å². The van der Waals surface area contributed by atoms with Crippen molar-refractivity contribution in [3.8, 4) is 11.4 Å². The van der Waals surface area contributed by atoms with Gasteiger partial charge < -0.3 is 5.32 Å². The Hall–Kier alpha value is -4.47. The van der Waals surface area contributed by atoms with Gasteiger partial charge in [-0.15, -0.1) is 10.2 Å². The van der Waals surface area contributed by atoms with Crippen LogP contribution in [0.4, 0.5) is 10.1 Å². The van der Waals surface area contributed by atoms with Crippen LogP contribution in [0.25, 0.3) is 11.4 Å². The van der Waals surface area contributed by atoms with Crippen molar-refractivity contribution in [2.24, 2.45) is 0 Å². The van der Waals surface area contributed by atoms with E-state index in [-0.39, 0.29) is 36.0 Å². The minimum atomic E-state index is -0.923. The van der Waals surface area contributed by atoms with E-state index in [0.717, 1.165) is 31.2 Å². The van der Waals surface area contributed by atoms with Gasteiger partial charge in [0.1, 0.15) is 18.4 Å². The van der Waals surface area contributed by atoms with Gasteiger partial charge in [-0.3, -0.25) is 19.5 Å². The molecule has 4 aromatic rings. The molecule has 0 unspecified atom stereocenters. The highest BCUT2D eigenvalue weighted by Gasteiger charge is 2.34. The van der Waals surface area contributed by atoms with Gasteiger partial charge in [-0.25, -0.2) is 4.39 Å². The van der Waals surface area contributed by atoms with Crippen molar-refractivity contribution in [2.45, 2.75) is 51.2 Å². The van der Waals surface area contributed by atoms with Crippen molar-refractivity contribution in [3.63, 3.8) is 0 Å². The number of carbonyl (C=O) groups excluding carboxylic acids is 2. The van der Waals surface area contributed by atoms with Gasteiger partial charge in [0.2, 0.25) is 11.7 Å². The summed E-state index contributed by atoms with van der Waals surface area (Å²) in [5, 5.41) is 15.5. The van der Waals surface area contributed by atoms with Crippen LogP contribution in [0, 0.1) is 12.7 Å². The fourth-order valence-electron chi connectivity index (χ4n) is 4.75. The molecular formula is C28H28FN7O2. The van der Waals surface area contributed by atoms with Gasteiger partial charge in [0, 0.05) is 29.7 Å². The van der Waals surface area contributed by atoms with Gasteiger partial charge in [-0.1, -0.05) is 25.0 Å². The molecule has 1 aliphatic carbocycles. The monoisotopic (exact) mass is 513 g/mol. The van der Waals surface area contributed by atoms with E-state index in [1.807, 2.05) is 25.1 Å². The molecule has 1 atom stereocenters. The number of pyridine rings is 1. The predicted molar refractivity (Wildman–Crippen MR) is 139 cm³/mol. The highest BCUT2D eigenvalue weighted by atomic mass is 19.1. The number of benzene rings is 2. The Morgan fingerprint density at radius 3 is 2.53 bits per heavy atom. The first-order chi connectivity index (χ1) is 18.5. The lowest BCUT2D eigenvalue weighted by Crippen LogP contribution is -2.47. The fraction of sp³-hybridized carbons (Fsp3) is 0.286. The topological polar surface area (TPSA) is 106 Å². The Balaban J connectivity index is 1.49. The summed E-state index contributed by atoms with van der Waals surface area (Å²) in [6.45, 7) is 1.68. The molecule has 1 N–H and O–H groups in total. The van der Waals surface area contributed by atoms with Gasteiger partial charge in [0.25, 0.3) is 5.91 Å². The second kappa shape index (κ2) is 11.3. The maximum Gasteiger partial charge on any atom is 0.251 e. The molecule has 2 amide bonds. The summed E-state index contributed by atoms with van der Waals surface area (Å²) >= 11 is 0. The van der Waals surface area contributed by atoms with Crippen LogP contribution in [0.5, 0.6) is 0 Å². The zero-order valence-corrected chi connectivity index (χ0v) is 21.0. The van der Waals surface area contributed by atoms with Crippen molar-refractivity contribution >= 4 is 17.5 Å². The van der Waals surface area contributed by atoms with Crippen LogP contribution in [-0.4, -0.2) is 43.0 Å². The maximum absolute atomic E-state index is 13.9. The summed E-state index contributed by atoms with van der Waals surface area (Å²) in [5.74, 6) is -0.744. The number of nitrogens with zero attached hydrogens (tertiary/aromatic N) is 6. The number of halogens is 1. The van der Waals surface area contributed by atoms with Gasteiger partial charge in [-0.05, 0) is 84.6 Å². The van der Waals surface area contributed by atoms with E-state index >= 15 is 0 Å². The van der Waals surface area contributed by atoms with Gasteiger partial charge in [0.05, 0.1) is 0 Å². The lowest BCUT2D eigenvalue weighted by molar-refractivity contribution is -0.127. The van der Waals surface area contributed by atoms with Crippen molar-refractivity contribution in [1.82, 2.24) is 30.5 Å². The second-order valence-electron chi connectivity index (χ2n) is 9.43. The van der Waals surface area contributed by atoms with Crippen LogP contribution < -0.4 is 10.2 Å². The zero-order valence-electron chi connectivity index (χ0n) is 21.0. The van der Waals surface area contributed by atoms with E-state index in [9.17, 15) is 14.0 Å². The van der Waals surface area contributed by atoms with Crippen molar-refractivity contribution < 1.29 is 14.0 Å². The Morgan fingerprint density at radius 2 is 1.82 bits per heavy atom. The molecule has 2 aromatic heterocycles. The molecule has 38 heavy (non-hydrogen) atoms. The van der Waals surface area contributed by atoms with Crippen molar-refractivity contribution in [1.29, 1.82) is 0 Å². The van der Waals surface area contributed by atoms with Gasteiger partial charge in [0.15, 0.2) is 0 Å². The van der Waals surface area contributed by atoms with E-state index < -0.39 is 6.04 Å². The molecule has 9 nitrogen and oxygen atoms in total. The standard InChI is InChI=1S/C28H28FN7O2/c1-19-5-4-8-24(17-19)36(25(37)18-35-33-27(32-34-35)21-9-11-22(29)12-10-21)26(20-13-15-30-16-14-20)28(38)31-23-6-2-3-7-23/h4-5,8-17,23,26H,2-3,6-7,18H2,1H3,(H,31,38)/t26-/m1/s1. The molecule has 194 valence electrons. The average Bonchev–Trinajstić information content (AvgIpc) is 3.60. The third-order valence-corrected chi connectivity index (χ3v) is 6.61.